The number of amides is 1. The zero-order valence-corrected chi connectivity index (χ0v) is 13.8. The lowest BCUT2D eigenvalue weighted by Crippen LogP contribution is -2.41. The molecule has 0 aliphatic carbocycles. The van der Waals surface area contributed by atoms with Crippen molar-refractivity contribution in [3.05, 3.63) is 65.5 Å². The van der Waals surface area contributed by atoms with Gasteiger partial charge in [-0.2, -0.15) is 0 Å². The molecule has 1 aliphatic rings. The van der Waals surface area contributed by atoms with Crippen molar-refractivity contribution in [1.82, 2.24) is 0 Å². The van der Waals surface area contributed by atoms with Gasteiger partial charge in [0, 0.05) is 17.8 Å². The van der Waals surface area contributed by atoms with Gasteiger partial charge in [0.2, 0.25) is 0 Å². The number of rotatable bonds is 3. The van der Waals surface area contributed by atoms with Crippen molar-refractivity contribution in [2.24, 2.45) is 0 Å². The summed E-state index contributed by atoms with van der Waals surface area (Å²) in [4.78, 5) is 14.4. The average Bonchev–Trinajstić information content (AvgIpc) is 2.60. The maximum Gasteiger partial charge on any atom is 0.251 e. The molecule has 2 aromatic carbocycles. The number of anilines is 1. The lowest BCUT2D eigenvalue weighted by atomic mass is 9.96. The summed E-state index contributed by atoms with van der Waals surface area (Å²) >= 11 is 0. The molecule has 0 aromatic heterocycles. The van der Waals surface area contributed by atoms with E-state index in [-0.39, 0.29) is 17.8 Å². The maximum atomic E-state index is 13.4. The summed E-state index contributed by atoms with van der Waals surface area (Å²) in [5.74, 6) is 0.425. The summed E-state index contributed by atoms with van der Waals surface area (Å²) in [5.41, 5.74) is 2.62. The molecular formula is C20H20FNO2. The lowest BCUT2D eigenvalue weighted by molar-refractivity contribution is -0.114. The summed E-state index contributed by atoms with van der Waals surface area (Å²) in [6.45, 7) is 2.02. The molecule has 0 unspecified atom stereocenters. The van der Waals surface area contributed by atoms with Crippen LogP contribution in [0.5, 0.6) is 5.75 Å². The van der Waals surface area contributed by atoms with Crippen LogP contribution in [-0.4, -0.2) is 19.1 Å². The molecule has 1 atom stereocenters. The SMILES string of the molecule is COc1ccc(/C=C\C(=O)N2c3ccc(F)cc3CC[C@H]2C)cc1. The lowest BCUT2D eigenvalue weighted by Gasteiger charge is -2.34. The summed E-state index contributed by atoms with van der Waals surface area (Å²) < 4.78 is 18.5. The molecule has 0 N–H and O–H groups in total. The van der Waals surface area contributed by atoms with E-state index in [1.54, 1.807) is 30.2 Å². The first-order valence-corrected chi connectivity index (χ1v) is 8.02. The standard InChI is InChI=1S/C20H20FNO2/c1-14-3-7-16-13-17(21)8-11-19(16)22(14)20(23)12-6-15-4-9-18(24-2)10-5-15/h4-6,8-14H,3,7H2,1-2H3/b12-6-/t14-/m1/s1. The molecule has 0 fully saturated rings. The normalized spacial score (nSPS) is 17.0. The van der Waals surface area contributed by atoms with Gasteiger partial charge in [-0.25, -0.2) is 4.39 Å². The second-order valence-electron chi connectivity index (χ2n) is 5.98. The number of hydrogen-bond acceptors (Lipinski definition) is 2. The van der Waals surface area contributed by atoms with Gasteiger partial charge >= 0.3 is 0 Å². The number of aryl methyl sites for hydroxylation is 1. The largest absolute Gasteiger partial charge is 0.497 e. The highest BCUT2D eigenvalue weighted by atomic mass is 19.1. The molecule has 0 saturated heterocycles. The molecule has 1 heterocycles. The van der Waals surface area contributed by atoms with E-state index in [1.165, 1.54) is 12.1 Å². The Hall–Kier alpha value is -2.62. The van der Waals surface area contributed by atoms with Crippen LogP contribution in [0.3, 0.4) is 0 Å². The van der Waals surface area contributed by atoms with Crippen molar-refractivity contribution >= 4 is 17.7 Å². The van der Waals surface area contributed by atoms with Gasteiger partial charge < -0.3 is 9.64 Å². The van der Waals surface area contributed by atoms with Crippen LogP contribution < -0.4 is 9.64 Å². The highest BCUT2D eigenvalue weighted by molar-refractivity contribution is 6.05. The monoisotopic (exact) mass is 325 g/mol. The number of ether oxygens (including phenoxy) is 1. The van der Waals surface area contributed by atoms with E-state index in [0.717, 1.165) is 35.4 Å². The first kappa shape index (κ1) is 16.2. The van der Waals surface area contributed by atoms with E-state index in [4.69, 9.17) is 4.74 Å². The Morgan fingerprint density at radius 1 is 1.25 bits per heavy atom. The summed E-state index contributed by atoms with van der Waals surface area (Å²) in [5, 5.41) is 0. The average molecular weight is 325 g/mol. The summed E-state index contributed by atoms with van der Waals surface area (Å²) in [7, 11) is 1.62. The third-order valence-electron chi connectivity index (χ3n) is 4.34. The number of carbonyl (C=O) groups is 1. The van der Waals surface area contributed by atoms with Crippen LogP contribution in [-0.2, 0) is 11.2 Å². The molecule has 0 radical (unpaired) electrons. The van der Waals surface area contributed by atoms with Crippen molar-refractivity contribution in [2.45, 2.75) is 25.8 Å². The molecule has 2 aromatic rings. The van der Waals surface area contributed by atoms with Crippen molar-refractivity contribution in [3.63, 3.8) is 0 Å². The molecule has 1 amide bonds. The van der Waals surface area contributed by atoms with Crippen molar-refractivity contribution in [3.8, 4) is 5.75 Å². The van der Waals surface area contributed by atoms with Gasteiger partial charge in [-0.1, -0.05) is 12.1 Å². The Morgan fingerprint density at radius 3 is 2.71 bits per heavy atom. The van der Waals surface area contributed by atoms with Crippen LogP contribution in [0.4, 0.5) is 10.1 Å². The summed E-state index contributed by atoms with van der Waals surface area (Å²) in [6, 6.07) is 12.2. The fourth-order valence-corrected chi connectivity index (χ4v) is 3.02. The predicted octanol–water partition coefficient (Wildman–Crippen LogP) is 4.22. The fraction of sp³-hybridized carbons (Fsp3) is 0.250. The van der Waals surface area contributed by atoms with Crippen LogP contribution in [0.2, 0.25) is 0 Å². The number of carbonyl (C=O) groups excluding carboxylic acids is 1. The van der Waals surface area contributed by atoms with Gasteiger partial charge in [-0.3, -0.25) is 4.79 Å². The van der Waals surface area contributed by atoms with Crippen molar-refractivity contribution in [1.29, 1.82) is 0 Å². The van der Waals surface area contributed by atoms with Crippen LogP contribution in [0, 0.1) is 5.82 Å². The zero-order chi connectivity index (χ0) is 17.1. The van der Waals surface area contributed by atoms with Gasteiger partial charge in [-0.15, -0.1) is 0 Å². The van der Waals surface area contributed by atoms with E-state index >= 15 is 0 Å². The maximum absolute atomic E-state index is 13.4. The van der Waals surface area contributed by atoms with Crippen LogP contribution in [0.1, 0.15) is 24.5 Å². The Bertz CT molecular complexity index is 768. The molecule has 0 saturated carbocycles. The zero-order valence-electron chi connectivity index (χ0n) is 13.8. The number of nitrogens with zero attached hydrogens (tertiary/aromatic N) is 1. The second kappa shape index (κ2) is 6.87. The summed E-state index contributed by atoms with van der Waals surface area (Å²) in [6.07, 6.45) is 4.97. The van der Waals surface area contributed by atoms with E-state index < -0.39 is 0 Å². The minimum atomic E-state index is -0.260. The second-order valence-corrected chi connectivity index (χ2v) is 5.98. The van der Waals surface area contributed by atoms with Gasteiger partial charge in [0.25, 0.3) is 5.91 Å². The van der Waals surface area contributed by atoms with Crippen LogP contribution in [0.25, 0.3) is 6.08 Å². The van der Waals surface area contributed by atoms with Crippen molar-refractivity contribution in [2.75, 3.05) is 12.0 Å². The van der Waals surface area contributed by atoms with Crippen LogP contribution >= 0.6 is 0 Å². The smallest absolute Gasteiger partial charge is 0.251 e. The molecule has 124 valence electrons. The first-order valence-electron chi connectivity index (χ1n) is 8.02. The Balaban J connectivity index is 1.82. The molecule has 1 aliphatic heterocycles. The quantitative estimate of drug-likeness (QED) is 0.791. The number of halogens is 1. The predicted molar refractivity (Wildman–Crippen MR) is 93.7 cm³/mol. The van der Waals surface area contributed by atoms with E-state index in [9.17, 15) is 9.18 Å². The molecular weight excluding hydrogens is 305 g/mol. The topological polar surface area (TPSA) is 29.5 Å². The van der Waals surface area contributed by atoms with Gasteiger partial charge in [0.15, 0.2) is 0 Å². The number of fused-ring (bicyclic) bond motifs is 1. The molecule has 4 heteroatoms. The van der Waals surface area contributed by atoms with E-state index in [0.29, 0.717) is 0 Å². The third-order valence-corrected chi connectivity index (χ3v) is 4.34. The van der Waals surface area contributed by atoms with Crippen molar-refractivity contribution < 1.29 is 13.9 Å². The van der Waals surface area contributed by atoms with Crippen LogP contribution in [0.15, 0.2) is 48.5 Å². The molecule has 0 spiro atoms. The Morgan fingerprint density at radius 2 is 2.00 bits per heavy atom. The molecule has 24 heavy (non-hydrogen) atoms. The van der Waals surface area contributed by atoms with E-state index in [2.05, 4.69) is 0 Å². The molecule has 3 nitrogen and oxygen atoms in total. The van der Waals surface area contributed by atoms with Gasteiger partial charge in [0.1, 0.15) is 11.6 Å². The minimum Gasteiger partial charge on any atom is -0.497 e. The van der Waals surface area contributed by atoms with Gasteiger partial charge in [-0.05, 0) is 67.3 Å². The highest BCUT2D eigenvalue weighted by Gasteiger charge is 2.27. The number of hydrogen-bond donors (Lipinski definition) is 0. The molecule has 0 bridgehead atoms. The fourth-order valence-electron chi connectivity index (χ4n) is 3.02. The van der Waals surface area contributed by atoms with E-state index in [1.807, 2.05) is 31.2 Å². The minimum absolute atomic E-state index is 0.0918. The Labute approximate surface area is 141 Å². The first-order chi connectivity index (χ1) is 11.6. The molecule has 3 rings (SSSR count). The number of benzene rings is 2. The number of methoxy groups -OCH3 is 1. The third kappa shape index (κ3) is 3.32. The Kier molecular flexibility index (Phi) is 4.65. The van der Waals surface area contributed by atoms with Gasteiger partial charge in [0.05, 0.1) is 7.11 Å². The highest BCUT2D eigenvalue weighted by Crippen LogP contribution is 2.31.